The fourth-order valence-corrected chi connectivity index (χ4v) is 2.85. The van der Waals surface area contributed by atoms with Gasteiger partial charge in [0, 0.05) is 13.1 Å². The normalized spacial score (nSPS) is 13.7. The lowest BCUT2D eigenvalue weighted by molar-refractivity contribution is 0.0735. The van der Waals surface area contributed by atoms with Crippen molar-refractivity contribution in [1.29, 1.82) is 0 Å². The van der Waals surface area contributed by atoms with E-state index in [4.69, 9.17) is 16.3 Å². The first-order valence-electron chi connectivity index (χ1n) is 6.88. The lowest BCUT2D eigenvalue weighted by Gasteiger charge is -2.29. The highest BCUT2D eigenvalue weighted by Gasteiger charge is 2.23. The van der Waals surface area contributed by atoms with Gasteiger partial charge >= 0.3 is 0 Å². The average molecular weight is 302 g/mol. The number of carbonyl (C=O) groups is 1. The fraction of sp³-hybridized carbons (Fsp3) is 0.235. The molecule has 0 aliphatic carbocycles. The molecular weight excluding hydrogens is 286 g/mol. The van der Waals surface area contributed by atoms with Gasteiger partial charge in [0.25, 0.3) is 5.91 Å². The molecule has 2 aromatic rings. The molecule has 1 aliphatic heterocycles. The van der Waals surface area contributed by atoms with Crippen LogP contribution in [0.4, 0.5) is 0 Å². The molecule has 3 nitrogen and oxygen atoms in total. The summed E-state index contributed by atoms with van der Waals surface area (Å²) < 4.78 is 5.24. The maximum Gasteiger partial charge on any atom is 0.255 e. The van der Waals surface area contributed by atoms with E-state index in [0.717, 1.165) is 12.2 Å². The van der Waals surface area contributed by atoms with Crippen LogP contribution in [-0.4, -0.2) is 24.5 Å². The van der Waals surface area contributed by atoms with Crippen molar-refractivity contribution in [2.45, 2.75) is 13.0 Å². The first-order valence-corrected chi connectivity index (χ1v) is 7.26. The molecule has 0 aromatic heterocycles. The molecular formula is C17H16ClNO2. The molecule has 4 heteroatoms. The molecule has 1 heterocycles. The Labute approximate surface area is 129 Å². The van der Waals surface area contributed by atoms with Gasteiger partial charge in [0.05, 0.1) is 17.7 Å². The van der Waals surface area contributed by atoms with Crippen LogP contribution >= 0.6 is 11.6 Å². The van der Waals surface area contributed by atoms with Gasteiger partial charge in [0.2, 0.25) is 0 Å². The molecule has 0 radical (unpaired) electrons. The molecule has 0 fully saturated rings. The highest BCUT2D eigenvalue weighted by atomic mass is 35.5. The lowest BCUT2D eigenvalue weighted by Crippen LogP contribution is -2.36. The van der Waals surface area contributed by atoms with Crippen LogP contribution in [-0.2, 0) is 13.0 Å². The second-order valence-corrected chi connectivity index (χ2v) is 5.50. The molecule has 2 aromatic carbocycles. The maximum absolute atomic E-state index is 12.6. The zero-order valence-corrected chi connectivity index (χ0v) is 12.6. The van der Waals surface area contributed by atoms with Gasteiger partial charge in [-0.05, 0) is 41.8 Å². The summed E-state index contributed by atoms with van der Waals surface area (Å²) in [4.78, 5) is 14.4. The zero-order valence-electron chi connectivity index (χ0n) is 11.8. The molecule has 108 valence electrons. The molecule has 0 spiro atoms. The Morgan fingerprint density at radius 3 is 2.76 bits per heavy atom. The van der Waals surface area contributed by atoms with Crippen LogP contribution in [0.1, 0.15) is 21.5 Å². The lowest BCUT2D eigenvalue weighted by atomic mass is 9.99. The maximum atomic E-state index is 12.6. The number of carbonyl (C=O) groups excluding carboxylic acids is 1. The van der Waals surface area contributed by atoms with E-state index in [2.05, 4.69) is 0 Å². The highest BCUT2D eigenvalue weighted by Crippen LogP contribution is 2.26. The third kappa shape index (κ3) is 2.74. The monoisotopic (exact) mass is 301 g/mol. The van der Waals surface area contributed by atoms with Crippen molar-refractivity contribution in [2.75, 3.05) is 13.7 Å². The number of hydrogen-bond donors (Lipinski definition) is 0. The number of rotatable bonds is 2. The van der Waals surface area contributed by atoms with Crippen molar-refractivity contribution in [1.82, 2.24) is 4.90 Å². The Balaban J connectivity index is 1.83. The topological polar surface area (TPSA) is 29.5 Å². The predicted octanol–water partition coefficient (Wildman–Crippen LogP) is 3.55. The van der Waals surface area contributed by atoms with Crippen LogP contribution in [0.2, 0.25) is 5.02 Å². The number of halogens is 1. The average Bonchev–Trinajstić information content (AvgIpc) is 2.53. The van der Waals surface area contributed by atoms with Crippen molar-refractivity contribution >= 4 is 17.5 Å². The summed E-state index contributed by atoms with van der Waals surface area (Å²) in [5.41, 5.74) is 2.98. The van der Waals surface area contributed by atoms with Crippen LogP contribution in [0.3, 0.4) is 0 Å². The Bertz CT molecular complexity index is 684. The SMILES string of the molecule is COc1ccc2c(c1)CCN(C(=O)c1ccccc1Cl)C2. The van der Waals surface area contributed by atoms with Crippen molar-refractivity contribution < 1.29 is 9.53 Å². The largest absolute Gasteiger partial charge is 0.497 e. The number of amides is 1. The van der Waals surface area contributed by atoms with Crippen molar-refractivity contribution in [2.24, 2.45) is 0 Å². The molecule has 0 bridgehead atoms. The molecule has 1 aliphatic rings. The van der Waals surface area contributed by atoms with E-state index >= 15 is 0 Å². The van der Waals surface area contributed by atoms with Crippen LogP contribution in [0.5, 0.6) is 5.75 Å². The predicted molar refractivity (Wildman–Crippen MR) is 82.9 cm³/mol. The molecule has 0 N–H and O–H groups in total. The third-order valence-corrected chi connectivity index (χ3v) is 4.15. The molecule has 1 amide bonds. The number of benzene rings is 2. The number of fused-ring (bicyclic) bond motifs is 1. The van der Waals surface area contributed by atoms with Gasteiger partial charge in [0.1, 0.15) is 5.75 Å². The van der Waals surface area contributed by atoms with Crippen LogP contribution < -0.4 is 4.74 Å². The number of methoxy groups -OCH3 is 1. The summed E-state index contributed by atoms with van der Waals surface area (Å²) in [6.07, 6.45) is 0.836. The minimum absolute atomic E-state index is 0.0120. The fourth-order valence-electron chi connectivity index (χ4n) is 2.63. The Kier molecular flexibility index (Phi) is 3.84. The van der Waals surface area contributed by atoms with Crippen LogP contribution in [0.15, 0.2) is 42.5 Å². The van der Waals surface area contributed by atoms with Crippen LogP contribution in [0, 0.1) is 0 Å². The second kappa shape index (κ2) is 5.78. The number of hydrogen-bond acceptors (Lipinski definition) is 2. The van der Waals surface area contributed by atoms with E-state index in [1.807, 2.05) is 35.2 Å². The number of nitrogens with zero attached hydrogens (tertiary/aromatic N) is 1. The van der Waals surface area contributed by atoms with E-state index in [0.29, 0.717) is 23.7 Å². The molecule has 0 saturated heterocycles. The first kappa shape index (κ1) is 14.0. The van der Waals surface area contributed by atoms with E-state index < -0.39 is 0 Å². The third-order valence-electron chi connectivity index (χ3n) is 3.82. The second-order valence-electron chi connectivity index (χ2n) is 5.09. The van der Waals surface area contributed by atoms with E-state index in [1.165, 1.54) is 11.1 Å². The summed E-state index contributed by atoms with van der Waals surface area (Å²) >= 11 is 6.11. The van der Waals surface area contributed by atoms with E-state index in [1.54, 1.807) is 19.2 Å². The minimum atomic E-state index is -0.0120. The van der Waals surface area contributed by atoms with Gasteiger partial charge in [-0.3, -0.25) is 4.79 Å². The summed E-state index contributed by atoms with van der Waals surface area (Å²) in [6.45, 7) is 1.31. The van der Waals surface area contributed by atoms with E-state index in [-0.39, 0.29) is 5.91 Å². The van der Waals surface area contributed by atoms with Gasteiger partial charge in [-0.1, -0.05) is 29.8 Å². The molecule has 3 rings (SSSR count). The Hall–Kier alpha value is -2.00. The van der Waals surface area contributed by atoms with Crippen molar-refractivity contribution in [3.8, 4) is 5.75 Å². The van der Waals surface area contributed by atoms with Crippen molar-refractivity contribution in [3.63, 3.8) is 0 Å². The van der Waals surface area contributed by atoms with Gasteiger partial charge in [-0.2, -0.15) is 0 Å². The summed E-state index contributed by atoms with van der Waals surface area (Å²) in [5.74, 6) is 0.849. The van der Waals surface area contributed by atoms with Gasteiger partial charge < -0.3 is 9.64 Å². The number of ether oxygens (including phenoxy) is 1. The Morgan fingerprint density at radius 2 is 2.00 bits per heavy atom. The van der Waals surface area contributed by atoms with Gasteiger partial charge in [0.15, 0.2) is 0 Å². The summed E-state index contributed by atoms with van der Waals surface area (Å²) in [7, 11) is 1.66. The minimum Gasteiger partial charge on any atom is -0.497 e. The van der Waals surface area contributed by atoms with Crippen molar-refractivity contribution in [3.05, 3.63) is 64.2 Å². The van der Waals surface area contributed by atoms with Crippen LogP contribution in [0.25, 0.3) is 0 Å². The molecule has 0 unspecified atom stereocenters. The zero-order chi connectivity index (χ0) is 14.8. The highest BCUT2D eigenvalue weighted by molar-refractivity contribution is 6.33. The van der Waals surface area contributed by atoms with Gasteiger partial charge in [-0.15, -0.1) is 0 Å². The quantitative estimate of drug-likeness (QED) is 0.849. The standard InChI is InChI=1S/C17H16ClNO2/c1-21-14-7-6-13-11-19(9-8-12(13)10-14)17(20)15-4-2-3-5-16(15)18/h2-7,10H,8-9,11H2,1H3. The van der Waals surface area contributed by atoms with Gasteiger partial charge in [-0.25, -0.2) is 0 Å². The molecule has 0 atom stereocenters. The molecule has 0 saturated carbocycles. The summed E-state index contributed by atoms with van der Waals surface area (Å²) in [5, 5.41) is 0.503. The van der Waals surface area contributed by atoms with E-state index in [9.17, 15) is 4.79 Å². The Morgan fingerprint density at radius 1 is 1.19 bits per heavy atom. The molecule has 21 heavy (non-hydrogen) atoms. The smallest absolute Gasteiger partial charge is 0.255 e. The summed E-state index contributed by atoms with van der Waals surface area (Å²) in [6, 6.07) is 13.2. The first-order chi connectivity index (χ1) is 10.2.